The third kappa shape index (κ3) is 4.68. The highest BCUT2D eigenvalue weighted by Crippen LogP contribution is 2.25. The third-order valence-corrected chi connectivity index (χ3v) is 5.62. The fraction of sp³-hybridized carbons (Fsp3) is 0.280. The van der Waals surface area contributed by atoms with Gasteiger partial charge in [-0.15, -0.1) is 0 Å². The maximum Gasteiger partial charge on any atom is 0.271 e. The van der Waals surface area contributed by atoms with E-state index in [0.29, 0.717) is 11.3 Å². The highest BCUT2D eigenvalue weighted by molar-refractivity contribution is 5.95. The molecule has 1 aromatic heterocycles. The number of anilines is 1. The average Bonchev–Trinajstić information content (AvgIpc) is 3.17. The zero-order chi connectivity index (χ0) is 22.5. The zero-order valence-corrected chi connectivity index (χ0v) is 18.7. The van der Waals surface area contributed by atoms with Gasteiger partial charge in [0.15, 0.2) is 0 Å². The van der Waals surface area contributed by atoms with Gasteiger partial charge in [0.2, 0.25) is 0 Å². The Kier molecular flexibility index (Phi) is 6.56. The highest BCUT2D eigenvalue weighted by atomic mass is 16.5. The first-order chi connectivity index (χ1) is 15.6. The molecular formula is C25H28N4O3. The van der Waals surface area contributed by atoms with Crippen LogP contribution in [0.4, 0.5) is 5.69 Å². The Bertz CT molecular complexity index is 1090. The number of nitrogens with one attached hydrogen (secondary N) is 1. The predicted octanol–water partition coefficient (Wildman–Crippen LogP) is 3.70. The van der Waals surface area contributed by atoms with Gasteiger partial charge in [-0.3, -0.25) is 4.79 Å². The average molecular weight is 433 g/mol. The number of rotatable bonds is 6. The number of carbonyl (C=O) groups is 1. The number of benzene rings is 2. The molecule has 1 fully saturated rings. The molecule has 0 unspecified atom stereocenters. The van der Waals surface area contributed by atoms with Gasteiger partial charge >= 0.3 is 0 Å². The van der Waals surface area contributed by atoms with Crippen molar-refractivity contribution in [2.75, 3.05) is 38.3 Å². The number of carbonyl (C=O) groups excluding carboxylic acids is 1. The van der Waals surface area contributed by atoms with Gasteiger partial charge < -0.3 is 18.9 Å². The first kappa shape index (κ1) is 21.6. The van der Waals surface area contributed by atoms with Crippen LogP contribution in [0.5, 0.6) is 5.75 Å². The van der Waals surface area contributed by atoms with E-state index in [0.717, 1.165) is 54.6 Å². The van der Waals surface area contributed by atoms with Gasteiger partial charge in [0.05, 0.1) is 26.5 Å². The van der Waals surface area contributed by atoms with Crippen molar-refractivity contribution in [3.63, 3.8) is 0 Å². The third-order valence-electron chi connectivity index (χ3n) is 5.62. The lowest BCUT2D eigenvalue weighted by atomic mass is 10.1. The van der Waals surface area contributed by atoms with Gasteiger partial charge in [-0.2, -0.15) is 5.10 Å². The molecular weight excluding hydrogens is 404 g/mol. The SMILES string of the molecule is COc1cc(N2CCOCC2)ccc1/C=N\NC(=O)c1ccc(-n2c(C)ccc2C)cc1. The van der Waals surface area contributed by atoms with Gasteiger partial charge in [-0.25, -0.2) is 5.43 Å². The molecule has 1 saturated heterocycles. The van der Waals surface area contributed by atoms with Crippen LogP contribution in [0.25, 0.3) is 5.69 Å². The second-order valence-corrected chi connectivity index (χ2v) is 7.72. The predicted molar refractivity (Wildman–Crippen MR) is 126 cm³/mol. The molecule has 0 aliphatic carbocycles. The normalized spacial score (nSPS) is 14.0. The van der Waals surface area contributed by atoms with E-state index >= 15 is 0 Å². The molecule has 4 rings (SSSR count). The summed E-state index contributed by atoms with van der Waals surface area (Å²) in [6.45, 7) is 7.28. The minimum absolute atomic E-state index is 0.266. The fourth-order valence-electron chi connectivity index (χ4n) is 3.89. The number of hydrazone groups is 1. The van der Waals surface area contributed by atoms with Crippen LogP contribution in [0.15, 0.2) is 59.7 Å². The van der Waals surface area contributed by atoms with Crippen LogP contribution in [0, 0.1) is 13.8 Å². The Balaban J connectivity index is 1.41. The highest BCUT2D eigenvalue weighted by Gasteiger charge is 2.13. The molecule has 1 amide bonds. The van der Waals surface area contributed by atoms with Crippen LogP contribution in [0.1, 0.15) is 27.3 Å². The lowest BCUT2D eigenvalue weighted by Crippen LogP contribution is -2.36. The van der Waals surface area contributed by atoms with Crippen molar-refractivity contribution in [3.8, 4) is 11.4 Å². The van der Waals surface area contributed by atoms with Crippen LogP contribution in [0.2, 0.25) is 0 Å². The van der Waals surface area contributed by atoms with Crippen molar-refractivity contribution < 1.29 is 14.3 Å². The molecule has 1 aliphatic rings. The Morgan fingerprint density at radius 1 is 1.00 bits per heavy atom. The number of nitrogens with zero attached hydrogens (tertiary/aromatic N) is 3. The molecule has 0 radical (unpaired) electrons. The van der Waals surface area contributed by atoms with Crippen LogP contribution in [-0.4, -0.2) is 50.1 Å². The summed E-state index contributed by atoms with van der Waals surface area (Å²) in [5.41, 5.74) is 8.34. The molecule has 1 N–H and O–H groups in total. The summed E-state index contributed by atoms with van der Waals surface area (Å²) < 4.78 is 13.1. The Labute approximate surface area is 188 Å². The summed E-state index contributed by atoms with van der Waals surface area (Å²) in [7, 11) is 1.63. The van der Waals surface area contributed by atoms with Gasteiger partial charge in [-0.05, 0) is 62.4 Å². The number of aryl methyl sites for hydroxylation is 2. The molecule has 166 valence electrons. The second kappa shape index (κ2) is 9.70. The van der Waals surface area contributed by atoms with Crippen molar-refractivity contribution in [1.82, 2.24) is 9.99 Å². The van der Waals surface area contributed by atoms with Crippen LogP contribution in [0.3, 0.4) is 0 Å². The lowest BCUT2D eigenvalue weighted by molar-refractivity contribution is 0.0955. The van der Waals surface area contributed by atoms with Crippen molar-refractivity contribution in [1.29, 1.82) is 0 Å². The lowest BCUT2D eigenvalue weighted by Gasteiger charge is -2.29. The number of methoxy groups -OCH3 is 1. The molecule has 0 atom stereocenters. The fourth-order valence-corrected chi connectivity index (χ4v) is 3.89. The van der Waals surface area contributed by atoms with Crippen molar-refractivity contribution in [2.45, 2.75) is 13.8 Å². The maximum atomic E-state index is 12.5. The van der Waals surface area contributed by atoms with E-state index in [1.54, 1.807) is 25.5 Å². The van der Waals surface area contributed by atoms with Crippen molar-refractivity contribution >= 4 is 17.8 Å². The van der Waals surface area contributed by atoms with E-state index in [1.165, 1.54) is 0 Å². The van der Waals surface area contributed by atoms with E-state index < -0.39 is 0 Å². The van der Waals surface area contributed by atoms with E-state index in [9.17, 15) is 4.79 Å². The van der Waals surface area contributed by atoms with E-state index in [4.69, 9.17) is 9.47 Å². The number of amides is 1. The van der Waals surface area contributed by atoms with Crippen LogP contribution < -0.4 is 15.1 Å². The second-order valence-electron chi connectivity index (χ2n) is 7.72. The van der Waals surface area contributed by atoms with E-state index in [1.807, 2.05) is 30.3 Å². The number of hydrogen-bond donors (Lipinski definition) is 1. The molecule has 2 heterocycles. The molecule has 3 aromatic rings. The van der Waals surface area contributed by atoms with Crippen molar-refractivity contribution in [3.05, 3.63) is 77.1 Å². The first-order valence-corrected chi connectivity index (χ1v) is 10.7. The number of aromatic nitrogens is 1. The zero-order valence-electron chi connectivity index (χ0n) is 18.7. The molecule has 32 heavy (non-hydrogen) atoms. The van der Waals surface area contributed by atoms with Gasteiger partial charge in [0.25, 0.3) is 5.91 Å². The molecule has 2 aromatic carbocycles. The van der Waals surface area contributed by atoms with Crippen LogP contribution >= 0.6 is 0 Å². The Hall–Kier alpha value is -3.58. The topological polar surface area (TPSA) is 68.1 Å². The quantitative estimate of drug-likeness (QED) is 0.476. The molecule has 1 aliphatic heterocycles. The summed E-state index contributed by atoms with van der Waals surface area (Å²) in [5.74, 6) is 0.437. The Morgan fingerprint density at radius 2 is 1.66 bits per heavy atom. The van der Waals surface area contributed by atoms with Crippen molar-refractivity contribution in [2.24, 2.45) is 5.10 Å². The molecule has 0 saturated carbocycles. The number of morpholine rings is 1. The van der Waals surface area contributed by atoms with E-state index in [2.05, 4.69) is 46.0 Å². The van der Waals surface area contributed by atoms with E-state index in [-0.39, 0.29) is 5.91 Å². The van der Waals surface area contributed by atoms with Gasteiger partial charge in [0.1, 0.15) is 5.75 Å². The summed E-state index contributed by atoms with van der Waals surface area (Å²) in [6.07, 6.45) is 1.60. The molecule has 0 spiro atoms. The largest absolute Gasteiger partial charge is 0.496 e. The smallest absolute Gasteiger partial charge is 0.271 e. The monoisotopic (exact) mass is 432 g/mol. The summed E-state index contributed by atoms with van der Waals surface area (Å²) in [5, 5.41) is 4.13. The molecule has 7 heteroatoms. The summed E-state index contributed by atoms with van der Waals surface area (Å²) >= 11 is 0. The first-order valence-electron chi connectivity index (χ1n) is 10.7. The minimum Gasteiger partial charge on any atom is -0.496 e. The number of hydrogen-bond acceptors (Lipinski definition) is 5. The standard InChI is InChI=1S/C25H28N4O3/c1-18-4-5-19(2)29(18)22-9-6-20(7-10-22)25(30)27-26-17-21-8-11-23(16-24(21)31-3)28-12-14-32-15-13-28/h4-11,16-17H,12-15H2,1-3H3,(H,27,30)/b26-17-. The summed E-state index contributed by atoms with van der Waals surface area (Å²) in [4.78, 5) is 14.8. The maximum absolute atomic E-state index is 12.5. The number of ether oxygens (including phenoxy) is 2. The van der Waals surface area contributed by atoms with Gasteiger partial charge in [0, 0.05) is 53.0 Å². The minimum atomic E-state index is -0.266. The van der Waals surface area contributed by atoms with Crippen LogP contribution in [-0.2, 0) is 4.74 Å². The molecule has 0 bridgehead atoms. The Morgan fingerprint density at radius 3 is 2.31 bits per heavy atom. The molecule has 7 nitrogen and oxygen atoms in total. The van der Waals surface area contributed by atoms with Gasteiger partial charge in [-0.1, -0.05) is 0 Å². The summed E-state index contributed by atoms with van der Waals surface area (Å²) in [6, 6.07) is 17.6.